The van der Waals surface area contributed by atoms with Crippen LogP contribution in [-0.4, -0.2) is 58.4 Å². The van der Waals surface area contributed by atoms with E-state index in [-0.39, 0.29) is 0 Å². The minimum absolute atomic E-state index is 0.619. The topological polar surface area (TPSA) is 74.1 Å². The quantitative estimate of drug-likeness (QED) is 0.282. The molecule has 19 heavy (non-hydrogen) atoms. The molecule has 0 aliphatic rings. The SMILES string of the molecule is CC(C)CC(C)NCCNCCNCCNCCN. The molecular weight excluding hydrogens is 238 g/mol. The van der Waals surface area contributed by atoms with E-state index in [0.717, 1.165) is 51.7 Å². The normalized spacial score (nSPS) is 13.1. The first-order chi connectivity index (χ1) is 9.16. The van der Waals surface area contributed by atoms with Gasteiger partial charge in [0.15, 0.2) is 0 Å². The maximum atomic E-state index is 5.39. The molecule has 0 radical (unpaired) electrons. The summed E-state index contributed by atoms with van der Waals surface area (Å²) in [7, 11) is 0. The Morgan fingerprint density at radius 1 is 0.737 bits per heavy atom. The highest BCUT2D eigenvalue weighted by molar-refractivity contribution is 4.64. The minimum Gasteiger partial charge on any atom is -0.329 e. The Morgan fingerprint density at radius 3 is 1.68 bits per heavy atom. The molecule has 0 aliphatic heterocycles. The van der Waals surface area contributed by atoms with Gasteiger partial charge in [-0.05, 0) is 19.3 Å². The first-order valence-corrected chi connectivity index (χ1v) is 7.72. The van der Waals surface area contributed by atoms with Crippen molar-refractivity contribution in [1.29, 1.82) is 0 Å². The van der Waals surface area contributed by atoms with Crippen molar-refractivity contribution in [3.63, 3.8) is 0 Å². The molecule has 0 saturated carbocycles. The molecule has 0 aromatic carbocycles. The molecular formula is C14H35N5. The molecule has 6 N–H and O–H groups in total. The van der Waals surface area contributed by atoms with Gasteiger partial charge in [0.1, 0.15) is 0 Å². The molecule has 1 atom stereocenters. The summed E-state index contributed by atoms with van der Waals surface area (Å²) in [6.07, 6.45) is 1.25. The summed E-state index contributed by atoms with van der Waals surface area (Å²) in [5.74, 6) is 0.771. The molecule has 0 aromatic heterocycles. The molecule has 0 saturated heterocycles. The third-order valence-corrected chi connectivity index (χ3v) is 2.90. The van der Waals surface area contributed by atoms with E-state index in [2.05, 4.69) is 42.0 Å². The molecule has 0 aromatic rings. The van der Waals surface area contributed by atoms with Crippen molar-refractivity contribution in [2.24, 2.45) is 11.7 Å². The van der Waals surface area contributed by atoms with Gasteiger partial charge in [-0.3, -0.25) is 0 Å². The fourth-order valence-corrected chi connectivity index (χ4v) is 2.03. The van der Waals surface area contributed by atoms with Crippen molar-refractivity contribution in [3.05, 3.63) is 0 Å². The lowest BCUT2D eigenvalue weighted by Crippen LogP contribution is -2.37. The number of hydrogen-bond donors (Lipinski definition) is 5. The average Bonchev–Trinajstić information content (AvgIpc) is 2.35. The van der Waals surface area contributed by atoms with Crippen LogP contribution in [0.15, 0.2) is 0 Å². The summed E-state index contributed by atoms with van der Waals surface area (Å²) in [5, 5.41) is 13.6. The van der Waals surface area contributed by atoms with Crippen LogP contribution in [-0.2, 0) is 0 Å². The Hall–Kier alpha value is -0.200. The predicted molar refractivity (Wildman–Crippen MR) is 84.6 cm³/mol. The van der Waals surface area contributed by atoms with Crippen molar-refractivity contribution in [2.45, 2.75) is 33.2 Å². The van der Waals surface area contributed by atoms with E-state index in [9.17, 15) is 0 Å². The monoisotopic (exact) mass is 273 g/mol. The van der Waals surface area contributed by atoms with E-state index in [1.807, 2.05) is 0 Å². The number of nitrogens with two attached hydrogens (primary N) is 1. The number of rotatable bonds is 14. The molecule has 0 heterocycles. The second-order valence-corrected chi connectivity index (χ2v) is 5.52. The van der Waals surface area contributed by atoms with E-state index in [1.165, 1.54) is 6.42 Å². The van der Waals surface area contributed by atoms with Gasteiger partial charge in [-0.15, -0.1) is 0 Å². The van der Waals surface area contributed by atoms with Crippen LogP contribution >= 0.6 is 0 Å². The van der Waals surface area contributed by atoms with Crippen LogP contribution in [0.2, 0.25) is 0 Å². The van der Waals surface area contributed by atoms with Crippen LogP contribution in [0.25, 0.3) is 0 Å². The summed E-state index contributed by atoms with van der Waals surface area (Å²) < 4.78 is 0. The standard InChI is InChI=1S/C14H35N5/c1-13(2)12-14(3)19-11-10-18-9-8-17-7-6-16-5-4-15/h13-14,16-19H,4-12,15H2,1-3H3. The van der Waals surface area contributed by atoms with E-state index < -0.39 is 0 Å². The molecule has 0 fully saturated rings. The third kappa shape index (κ3) is 15.7. The molecule has 0 rings (SSSR count). The van der Waals surface area contributed by atoms with E-state index in [1.54, 1.807) is 0 Å². The van der Waals surface area contributed by atoms with Gasteiger partial charge in [0.25, 0.3) is 0 Å². The summed E-state index contributed by atoms with van der Waals surface area (Å²) in [5.41, 5.74) is 5.39. The molecule has 0 amide bonds. The fraction of sp³-hybridized carbons (Fsp3) is 1.00. The lowest BCUT2D eigenvalue weighted by Gasteiger charge is -2.16. The Balaban J connectivity index is 3.06. The lowest BCUT2D eigenvalue weighted by molar-refractivity contribution is 0.438. The van der Waals surface area contributed by atoms with Crippen LogP contribution in [0.1, 0.15) is 27.2 Å². The largest absolute Gasteiger partial charge is 0.329 e. The fourth-order valence-electron chi connectivity index (χ4n) is 2.03. The van der Waals surface area contributed by atoms with Gasteiger partial charge < -0.3 is 27.0 Å². The van der Waals surface area contributed by atoms with Crippen LogP contribution in [0.5, 0.6) is 0 Å². The van der Waals surface area contributed by atoms with Crippen molar-refractivity contribution < 1.29 is 0 Å². The summed E-state index contributed by atoms with van der Waals surface area (Å²) in [6.45, 7) is 14.5. The van der Waals surface area contributed by atoms with E-state index in [0.29, 0.717) is 12.6 Å². The van der Waals surface area contributed by atoms with E-state index in [4.69, 9.17) is 5.73 Å². The van der Waals surface area contributed by atoms with Gasteiger partial charge in [0.05, 0.1) is 0 Å². The summed E-state index contributed by atoms with van der Waals surface area (Å²) in [4.78, 5) is 0. The van der Waals surface area contributed by atoms with E-state index >= 15 is 0 Å². The van der Waals surface area contributed by atoms with Gasteiger partial charge >= 0.3 is 0 Å². The van der Waals surface area contributed by atoms with Crippen LogP contribution < -0.4 is 27.0 Å². The molecule has 116 valence electrons. The molecule has 5 nitrogen and oxygen atoms in total. The van der Waals surface area contributed by atoms with Crippen molar-refractivity contribution in [1.82, 2.24) is 21.3 Å². The zero-order valence-electron chi connectivity index (χ0n) is 13.1. The van der Waals surface area contributed by atoms with Crippen molar-refractivity contribution in [3.8, 4) is 0 Å². The van der Waals surface area contributed by atoms with Crippen LogP contribution in [0.4, 0.5) is 0 Å². The Kier molecular flexibility index (Phi) is 14.1. The van der Waals surface area contributed by atoms with Gasteiger partial charge in [-0.25, -0.2) is 0 Å². The van der Waals surface area contributed by atoms with Crippen LogP contribution in [0.3, 0.4) is 0 Å². The molecule has 5 heteroatoms. The maximum Gasteiger partial charge on any atom is 0.00792 e. The second kappa shape index (κ2) is 14.2. The van der Waals surface area contributed by atoms with Gasteiger partial charge in [-0.1, -0.05) is 13.8 Å². The first kappa shape index (κ1) is 18.8. The number of hydrogen-bond acceptors (Lipinski definition) is 5. The highest BCUT2D eigenvalue weighted by Crippen LogP contribution is 2.02. The predicted octanol–water partition coefficient (Wildman–Crippen LogP) is -0.262. The Morgan fingerprint density at radius 2 is 1.21 bits per heavy atom. The lowest BCUT2D eigenvalue weighted by atomic mass is 10.1. The highest BCUT2D eigenvalue weighted by atomic mass is 15.0. The smallest absolute Gasteiger partial charge is 0.00792 e. The molecule has 0 bridgehead atoms. The highest BCUT2D eigenvalue weighted by Gasteiger charge is 2.02. The summed E-state index contributed by atoms with van der Waals surface area (Å²) >= 11 is 0. The third-order valence-electron chi connectivity index (χ3n) is 2.90. The zero-order valence-corrected chi connectivity index (χ0v) is 13.1. The van der Waals surface area contributed by atoms with Gasteiger partial charge in [0, 0.05) is 58.4 Å². The Labute approximate surface area is 119 Å². The molecule has 1 unspecified atom stereocenters. The first-order valence-electron chi connectivity index (χ1n) is 7.72. The molecule has 0 spiro atoms. The van der Waals surface area contributed by atoms with Gasteiger partial charge in [0.2, 0.25) is 0 Å². The minimum atomic E-state index is 0.619. The zero-order chi connectivity index (χ0) is 14.3. The summed E-state index contributed by atoms with van der Waals surface area (Å²) in [6, 6.07) is 0.619. The number of nitrogens with one attached hydrogen (secondary N) is 4. The second-order valence-electron chi connectivity index (χ2n) is 5.52. The van der Waals surface area contributed by atoms with Crippen molar-refractivity contribution >= 4 is 0 Å². The Bertz CT molecular complexity index is 175. The average molecular weight is 273 g/mol. The van der Waals surface area contributed by atoms with Crippen molar-refractivity contribution in [2.75, 3.05) is 52.4 Å². The molecule has 0 aliphatic carbocycles. The van der Waals surface area contributed by atoms with Gasteiger partial charge in [-0.2, -0.15) is 0 Å². The van der Waals surface area contributed by atoms with Crippen LogP contribution in [0, 0.1) is 5.92 Å². The maximum absolute atomic E-state index is 5.39.